The second kappa shape index (κ2) is 5.45. The number of fused-ring (bicyclic) bond motifs is 1. The number of carbonyl (C=O) groups is 1. The van der Waals surface area contributed by atoms with Gasteiger partial charge in [-0.2, -0.15) is 13.2 Å². The summed E-state index contributed by atoms with van der Waals surface area (Å²) < 4.78 is 52.2. The fourth-order valence-corrected chi connectivity index (χ4v) is 3.31. The van der Waals surface area contributed by atoms with Gasteiger partial charge in [0.2, 0.25) is 5.88 Å². The number of nitrogens with zero attached hydrogens (tertiary/aromatic N) is 1. The van der Waals surface area contributed by atoms with Gasteiger partial charge < -0.3 is 9.47 Å². The number of quaternary nitrogens is 1. The lowest BCUT2D eigenvalue weighted by atomic mass is 9.93. The van der Waals surface area contributed by atoms with Crippen LogP contribution < -0.4 is 9.64 Å². The summed E-state index contributed by atoms with van der Waals surface area (Å²) >= 11 is 0. The lowest BCUT2D eigenvalue weighted by molar-refractivity contribution is -0.994. The highest BCUT2D eigenvalue weighted by Crippen LogP contribution is 2.40. The summed E-state index contributed by atoms with van der Waals surface area (Å²) in [6, 6.07) is 1.67. The molecule has 1 atom stereocenters. The van der Waals surface area contributed by atoms with Crippen molar-refractivity contribution in [1.29, 1.82) is 0 Å². The van der Waals surface area contributed by atoms with Crippen molar-refractivity contribution in [2.24, 2.45) is 0 Å². The lowest BCUT2D eigenvalue weighted by Crippen LogP contribution is -3.25. The Morgan fingerprint density at radius 1 is 1.26 bits per heavy atom. The predicted molar refractivity (Wildman–Crippen MR) is 73.6 cm³/mol. The van der Waals surface area contributed by atoms with Gasteiger partial charge in [0.1, 0.15) is 19.5 Å². The number of alkyl halides is 3. The van der Waals surface area contributed by atoms with Crippen LogP contribution in [0.3, 0.4) is 0 Å². The first kappa shape index (κ1) is 16.2. The van der Waals surface area contributed by atoms with Crippen LogP contribution in [-0.2, 0) is 4.74 Å². The molecule has 3 rings (SSSR count). The molecule has 1 saturated heterocycles. The summed E-state index contributed by atoms with van der Waals surface area (Å²) in [5, 5.41) is 0. The van der Waals surface area contributed by atoms with Crippen LogP contribution in [-0.4, -0.2) is 49.0 Å². The predicted octanol–water partition coefficient (Wildman–Crippen LogP) is 0.837. The van der Waals surface area contributed by atoms with Crippen molar-refractivity contribution in [2.75, 3.05) is 26.3 Å². The third-order valence-electron chi connectivity index (χ3n) is 4.40. The molecule has 2 aliphatic heterocycles. The van der Waals surface area contributed by atoms with Crippen LogP contribution in [0.2, 0.25) is 0 Å². The molecule has 1 fully saturated rings. The highest BCUT2D eigenvalue weighted by atomic mass is 19.4. The van der Waals surface area contributed by atoms with Gasteiger partial charge in [0, 0.05) is 5.69 Å². The summed E-state index contributed by atoms with van der Waals surface area (Å²) in [6.07, 6.45) is -5.42. The van der Waals surface area contributed by atoms with Crippen molar-refractivity contribution in [3.8, 4) is 5.88 Å². The molecule has 126 valence electrons. The molecule has 2 aliphatic rings. The molecule has 1 aromatic heterocycles. The molecule has 0 radical (unpaired) electrons. The van der Waals surface area contributed by atoms with Crippen molar-refractivity contribution in [2.45, 2.75) is 32.2 Å². The molecule has 0 bridgehead atoms. The van der Waals surface area contributed by atoms with Crippen LogP contribution in [0.1, 0.15) is 28.0 Å². The van der Waals surface area contributed by atoms with Gasteiger partial charge in [0.15, 0.2) is 5.78 Å². The topological polar surface area (TPSA) is 52.9 Å². The minimum atomic E-state index is -4.69. The minimum absolute atomic E-state index is 0.132. The maximum absolute atomic E-state index is 13.9. The SMILES string of the molecule is Cc1cc(C)c2c(n1)O[C@]([NH+]1CCOCC1)(C(F)(F)F)CC2=O. The summed E-state index contributed by atoms with van der Waals surface area (Å²) in [7, 11) is 0. The molecule has 1 aromatic rings. The van der Waals surface area contributed by atoms with Crippen LogP contribution in [0.25, 0.3) is 0 Å². The van der Waals surface area contributed by atoms with Crippen LogP contribution >= 0.6 is 0 Å². The number of halogens is 3. The zero-order chi connectivity index (χ0) is 16.8. The quantitative estimate of drug-likeness (QED) is 0.829. The van der Waals surface area contributed by atoms with Gasteiger partial charge in [-0.15, -0.1) is 0 Å². The number of morpholine rings is 1. The first-order chi connectivity index (χ1) is 10.7. The first-order valence-electron chi connectivity index (χ1n) is 7.45. The fraction of sp³-hybridized carbons (Fsp3) is 0.600. The van der Waals surface area contributed by atoms with E-state index in [4.69, 9.17) is 9.47 Å². The second-order valence-electron chi connectivity index (χ2n) is 6.00. The number of pyridine rings is 1. The summed E-state index contributed by atoms with van der Waals surface area (Å²) in [5.41, 5.74) is -1.33. The van der Waals surface area contributed by atoms with Gasteiger partial charge in [-0.05, 0) is 25.5 Å². The molecule has 8 heteroatoms. The summed E-state index contributed by atoms with van der Waals surface area (Å²) in [4.78, 5) is 16.7. The number of Topliss-reactive ketones (excluding diaryl/α,β-unsaturated/α-hetero) is 1. The molecular weight excluding hydrogens is 313 g/mol. The summed E-state index contributed by atoms with van der Waals surface area (Å²) in [6.45, 7) is 4.01. The zero-order valence-corrected chi connectivity index (χ0v) is 12.9. The third kappa shape index (κ3) is 2.59. The molecule has 0 unspecified atom stereocenters. The number of nitrogens with one attached hydrogen (secondary N) is 1. The zero-order valence-electron chi connectivity index (χ0n) is 12.9. The van der Waals surface area contributed by atoms with Crippen LogP contribution in [0.4, 0.5) is 13.2 Å². The molecule has 0 aromatic carbocycles. The molecule has 0 aliphatic carbocycles. The maximum atomic E-state index is 13.9. The van der Waals surface area contributed by atoms with Gasteiger partial charge in [-0.1, -0.05) is 0 Å². The smallest absolute Gasteiger partial charge is 0.413 e. The Labute approximate surface area is 131 Å². The second-order valence-corrected chi connectivity index (χ2v) is 6.00. The van der Waals surface area contributed by atoms with E-state index in [1.807, 2.05) is 0 Å². The van der Waals surface area contributed by atoms with E-state index in [0.29, 0.717) is 11.3 Å². The van der Waals surface area contributed by atoms with E-state index in [0.717, 1.165) is 0 Å². The molecular formula is C15H18F3N2O3+. The third-order valence-corrected chi connectivity index (χ3v) is 4.40. The number of hydrogen-bond donors (Lipinski definition) is 1. The average molecular weight is 331 g/mol. The molecule has 5 nitrogen and oxygen atoms in total. The molecule has 1 N–H and O–H groups in total. The number of rotatable bonds is 1. The first-order valence-corrected chi connectivity index (χ1v) is 7.45. The molecule has 0 spiro atoms. The van der Waals surface area contributed by atoms with Crippen LogP contribution in [0.5, 0.6) is 5.88 Å². The van der Waals surface area contributed by atoms with Crippen molar-refractivity contribution >= 4 is 5.78 Å². The number of ketones is 1. The Bertz CT molecular complexity index is 642. The Hall–Kier alpha value is -1.67. The van der Waals surface area contributed by atoms with E-state index in [1.54, 1.807) is 19.9 Å². The van der Waals surface area contributed by atoms with E-state index in [9.17, 15) is 18.0 Å². The Morgan fingerprint density at radius 3 is 2.52 bits per heavy atom. The monoisotopic (exact) mass is 331 g/mol. The minimum Gasteiger partial charge on any atom is -0.413 e. The van der Waals surface area contributed by atoms with Gasteiger partial charge in [0.25, 0.3) is 0 Å². The van der Waals surface area contributed by atoms with Gasteiger partial charge in [-0.3, -0.25) is 9.69 Å². The summed E-state index contributed by atoms with van der Waals surface area (Å²) in [5.74, 6) is -0.789. The number of aromatic nitrogens is 1. The number of hydrogen-bond acceptors (Lipinski definition) is 4. The van der Waals surface area contributed by atoms with E-state index in [2.05, 4.69) is 4.98 Å². The Kier molecular flexibility index (Phi) is 3.84. The van der Waals surface area contributed by atoms with E-state index in [-0.39, 0.29) is 42.6 Å². The normalized spacial score (nSPS) is 25.9. The van der Waals surface area contributed by atoms with Crippen molar-refractivity contribution in [3.05, 3.63) is 22.9 Å². The number of ether oxygens (including phenoxy) is 2. The number of carbonyl (C=O) groups excluding carboxylic acids is 1. The largest absolute Gasteiger partial charge is 0.486 e. The van der Waals surface area contributed by atoms with E-state index in [1.165, 1.54) is 0 Å². The Balaban J connectivity index is 2.10. The standard InChI is InChI=1S/C15H17F3N2O3/c1-9-7-10(2)19-13-12(9)11(21)8-14(23-13,15(16,17)18)20-3-5-22-6-4-20/h7H,3-6,8H2,1-2H3/p+1/t14-/m0/s1. The van der Waals surface area contributed by atoms with Gasteiger partial charge >= 0.3 is 11.9 Å². The van der Waals surface area contributed by atoms with Crippen LogP contribution in [0, 0.1) is 13.8 Å². The van der Waals surface area contributed by atoms with Crippen molar-refractivity contribution in [3.63, 3.8) is 0 Å². The number of aryl methyl sites for hydroxylation is 2. The van der Waals surface area contributed by atoms with E-state index < -0.39 is 24.1 Å². The van der Waals surface area contributed by atoms with Crippen LogP contribution in [0.15, 0.2) is 6.07 Å². The van der Waals surface area contributed by atoms with Crippen molar-refractivity contribution in [1.82, 2.24) is 4.98 Å². The Morgan fingerprint density at radius 2 is 1.91 bits per heavy atom. The highest BCUT2D eigenvalue weighted by Gasteiger charge is 2.68. The van der Waals surface area contributed by atoms with Crippen molar-refractivity contribution < 1.29 is 32.3 Å². The molecule has 0 saturated carbocycles. The highest BCUT2D eigenvalue weighted by molar-refractivity contribution is 6.01. The molecule has 23 heavy (non-hydrogen) atoms. The molecule has 3 heterocycles. The molecule has 0 amide bonds. The van der Waals surface area contributed by atoms with Gasteiger partial charge in [0.05, 0.1) is 18.8 Å². The maximum Gasteiger partial charge on any atom is 0.486 e. The lowest BCUT2D eigenvalue weighted by Gasteiger charge is -2.43. The van der Waals surface area contributed by atoms with Gasteiger partial charge in [-0.25, -0.2) is 4.98 Å². The average Bonchev–Trinajstić information content (AvgIpc) is 2.45. The van der Waals surface area contributed by atoms with E-state index >= 15 is 0 Å². The fourth-order valence-electron chi connectivity index (χ4n) is 3.31.